The van der Waals surface area contributed by atoms with Crippen molar-refractivity contribution in [2.24, 2.45) is 5.41 Å². The van der Waals surface area contributed by atoms with Crippen molar-refractivity contribution < 1.29 is 18.0 Å². The zero-order valence-corrected chi connectivity index (χ0v) is 17.1. The van der Waals surface area contributed by atoms with E-state index in [4.69, 9.17) is 0 Å². The highest BCUT2D eigenvalue weighted by molar-refractivity contribution is 8.01. The molecule has 4 rings (SSSR count). The van der Waals surface area contributed by atoms with Gasteiger partial charge in [0.2, 0.25) is 11.8 Å². The number of sulfone groups is 1. The molecular weight excluding hydrogens is 372 g/mol. The fraction of sp³-hybridized carbons (Fsp3) is 0.556. The Bertz CT molecular complexity index is 842. The van der Waals surface area contributed by atoms with Gasteiger partial charge in [0, 0.05) is 13.6 Å². The molecule has 3 fully saturated rings. The Kier molecular flexibility index (Phi) is 4.63. The van der Waals surface area contributed by atoms with Gasteiger partial charge >= 0.3 is 0 Å². The van der Waals surface area contributed by atoms with Crippen molar-refractivity contribution in [3.8, 4) is 0 Å². The molecule has 2 bridgehead atoms. The summed E-state index contributed by atoms with van der Waals surface area (Å²) >= 11 is 1.25. The molecule has 2 amide bonds. The number of hydrogen-bond acceptors (Lipinski definition) is 5. The summed E-state index contributed by atoms with van der Waals surface area (Å²) in [4.78, 5) is 28.1. The van der Waals surface area contributed by atoms with Gasteiger partial charge in [0.05, 0.1) is 4.90 Å². The lowest BCUT2D eigenvalue weighted by Crippen LogP contribution is -2.81. The summed E-state index contributed by atoms with van der Waals surface area (Å²) in [5.41, 5.74) is -1.34. The lowest BCUT2D eigenvalue weighted by molar-refractivity contribution is -0.186. The van der Waals surface area contributed by atoms with Gasteiger partial charge in [-0.1, -0.05) is 25.1 Å². The van der Waals surface area contributed by atoms with E-state index in [9.17, 15) is 18.0 Å². The molecule has 142 valence electrons. The lowest BCUT2D eigenvalue weighted by atomic mass is 9.74. The Labute approximate surface area is 158 Å². The predicted octanol–water partition coefficient (Wildman–Crippen LogP) is 1.97. The van der Waals surface area contributed by atoms with Crippen molar-refractivity contribution in [2.75, 3.05) is 19.8 Å². The first-order chi connectivity index (χ1) is 12.2. The predicted molar refractivity (Wildman–Crippen MR) is 101 cm³/mol. The van der Waals surface area contributed by atoms with Crippen LogP contribution in [0.1, 0.15) is 26.7 Å². The van der Waals surface area contributed by atoms with Gasteiger partial charge in [0.25, 0.3) is 0 Å². The standard InChI is InChI=1S/C18H24N2O4S2/c1-5-11-20-16(22)17(2)12-14(18(20,25-4)19(3)15(17)21)26(23,24)13-9-7-6-8-10-13/h6-10,14H,5,11-12H2,1-4H3/t14-,17+,18+/m0/s1. The van der Waals surface area contributed by atoms with Crippen LogP contribution in [-0.2, 0) is 19.4 Å². The zero-order valence-electron chi connectivity index (χ0n) is 15.4. The van der Waals surface area contributed by atoms with Gasteiger partial charge in [-0.05, 0) is 38.2 Å². The number of carbonyl (C=O) groups is 2. The number of fused-ring (bicyclic) bond motifs is 3. The second-order valence-electron chi connectivity index (χ2n) is 7.07. The van der Waals surface area contributed by atoms with E-state index in [-0.39, 0.29) is 23.1 Å². The monoisotopic (exact) mass is 396 g/mol. The minimum Gasteiger partial charge on any atom is -0.312 e. The van der Waals surface area contributed by atoms with E-state index in [1.807, 2.05) is 6.92 Å². The van der Waals surface area contributed by atoms with Gasteiger partial charge < -0.3 is 9.80 Å². The van der Waals surface area contributed by atoms with Crippen LogP contribution in [0.15, 0.2) is 35.2 Å². The molecule has 6 nitrogen and oxygen atoms in total. The van der Waals surface area contributed by atoms with E-state index in [1.165, 1.54) is 16.7 Å². The Morgan fingerprint density at radius 1 is 1.19 bits per heavy atom. The van der Waals surface area contributed by atoms with Crippen molar-refractivity contribution in [3.05, 3.63) is 30.3 Å². The maximum atomic E-state index is 13.5. The number of hydrogen-bond donors (Lipinski definition) is 0. The Morgan fingerprint density at radius 2 is 1.81 bits per heavy atom. The van der Waals surface area contributed by atoms with Crippen LogP contribution >= 0.6 is 11.8 Å². The molecule has 0 saturated carbocycles. The SMILES string of the molecule is CCCN1C(=O)[C@]2(C)C[C@H](S(=O)(=O)c3ccccc3)[C@@]1(SC)N(C)C2=O. The minimum absolute atomic E-state index is 0.00723. The molecule has 26 heavy (non-hydrogen) atoms. The summed E-state index contributed by atoms with van der Waals surface area (Å²) in [5, 5.41) is -0.885. The van der Waals surface area contributed by atoms with E-state index >= 15 is 0 Å². The molecule has 3 aliphatic rings. The average Bonchev–Trinajstić information content (AvgIpc) is 2.64. The van der Waals surface area contributed by atoms with Crippen molar-refractivity contribution in [1.29, 1.82) is 0 Å². The molecule has 3 atom stereocenters. The van der Waals surface area contributed by atoms with Crippen LogP contribution in [0.4, 0.5) is 0 Å². The molecule has 3 aliphatic heterocycles. The molecule has 0 unspecified atom stereocenters. The van der Waals surface area contributed by atoms with Gasteiger partial charge in [-0.2, -0.15) is 0 Å². The second kappa shape index (κ2) is 6.27. The zero-order chi connectivity index (χ0) is 19.3. The second-order valence-corrected chi connectivity index (χ2v) is 10.2. The number of amides is 2. The van der Waals surface area contributed by atoms with Crippen LogP contribution in [0.5, 0.6) is 0 Å². The Hall–Kier alpha value is -1.54. The highest BCUT2D eigenvalue weighted by Crippen LogP contribution is 2.55. The van der Waals surface area contributed by atoms with Gasteiger partial charge in [-0.25, -0.2) is 8.42 Å². The molecule has 3 saturated heterocycles. The van der Waals surface area contributed by atoms with Crippen LogP contribution < -0.4 is 0 Å². The number of benzene rings is 1. The van der Waals surface area contributed by atoms with E-state index in [2.05, 4.69) is 0 Å². The van der Waals surface area contributed by atoms with E-state index in [0.29, 0.717) is 13.0 Å². The molecule has 3 heterocycles. The molecule has 0 spiro atoms. The molecule has 1 aromatic carbocycles. The molecular formula is C18H24N2O4S2. The van der Waals surface area contributed by atoms with Crippen molar-refractivity contribution in [2.45, 2.75) is 41.8 Å². The molecule has 0 N–H and O–H groups in total. The van der Waals surface area contributed by atoms with E-state index < -0.39 is 25.5 Å². The lowest BCUT2D eigenvalue weighted by Gasteiger charge is -2.63. The fourth-order valence-corrected chi connectivity index (χ4v) is 8.12. The van der Waals surface area contributed by atoms with Gasteiger partial charge in [-0.15, -0.1) is 11.8 Å². The summed E-state index contributed by atoms with van der Waals surface area (Å²) in [6.07, 6.45) is 2.46. The van der Waals surface area contributed by atoms with Crippen LogP contribution in [-0.4, -0.2) is 60.1 Å². The molecule has 1 aromatic rings. The Balaban J connectivity index is 2.24. The summed E-state index contributed by atoms with van der Waals surface area (Å²) < 4.78 is 27.0. The third kappa shape index (κ3) is 2.27. The quantitative estimate of drug-likeness (QED) is 0.712. The van der Waals surface area contributed by atoms with Crippen LogP contribution in [0.25, 0.3) is 0 Å². The molecule has 0 radical (unpaired) electrons. The van der Waals surface area contributed by atoms with Gasteiger partial charge in [0.15, 0.2) is 14.8 Å². The number of rotatable bonds is 5. The number of thioether (sulfide) groups is 1. The fourth-order valence-electron chi connectivity index (χ4n) is 4.25. The number of carbonyl (C=O) groups excluding carboxylic acids is 2. The summed E-state index contributed by atoms with van der Waals surface area (Å²) in [6.45, 7) is 3.93. The van der Waals surface area contributed by atoms with E-state index in [1.54, 1.807) is 55.5 Å². The summed E-state index contributed by atoms with van der Waals surface area (Å²) in [7, 11) is -2.13. The molecule has 8 heteroatoms. The summed E-state index contributed by atoms with van der Waals surface area (Å²) in [6, 6.07) is 8.28. The van der Waals surface area contributed by atoms with Crippen LogP contribution in [0.2, 0.25) is 0 Å². The van der Waals surface area contributed by atoms with Gasteiger partial charge in [-0.3, -0.25) is 9.59 Å². The summed E-state index contributed by atoms with van der Waals surface area (Å²) in [5.74, 6) is -0.569. The molecule has 0 aromatic heterocycles. The normalized spacial score (nSPS) is 31.6. The third-order valence-corrected chi connectivity index (χ3v) is 9.27. The third-order valence-electron chi connectivity index (χ3n) is 5.57. The number of piperidine rings is 2. The smallest absolute Gasteiger partial charge is 0.240 e. The average molecular weight is 397 g/mol. The number of nitrogens with zero attached hydrogens (tertiary/aromatic N) is 2. The first kappa shape index (κ1) is 19.2. The largest absolute Gasteiger partial charge is 0.312 e. The van der Waals surface area contributed by atoms with E-state index in [0.717, 1.165) is 0 Å². The maximum absolute atomic E-state index is 13.5. The topological polar surface area (TPSA) is 74.8 Å². The van der Waals surface area contributed by atoms with Crippen molar-refractivity contribution >= 4 is 33.4 Å². The van der Waals surface area contributed by atoms with Crippen molar-refractivity contribution in [3.63, 3.8) is 0 Å². The molecule has 0 aliphatic carbocycles. The van der Waals surface area contributed by atoms with Crippen LogP contribution in [0, 0.1) is 5.41 Å². The highest BCUT2D eigenvalue weighted by atomic mass is 32.2. The van der Waals surface area contributed by atoms with Gasteiger partial charge in [0.1, 0.15) is 10.7 Å². The van der Waals surface area contributed by atoms with Crippen molar-refractivity contribution in [1.82, 2.24) is 9.80 Å². The highest BCUT2D eigenvalue weighted by Gasteiger charge is 2.71. The van der Waals surface area contributed by atoms with Crippen LogP contribution in [0.3, 0.4) is 0 Å². The first-order valence-electron chi connectivity index (χ1n) is 8.62. The minimum atomic E-state index is -3.74. The first-order valence-corrected chi connectivity index (χ1v) is 11.4. The maximum Gasteiger partial charge on any atom is 0.240 e. The Morgan fingerprint density at radius 3 is 2.35 bits per heavy atom.